The first-order valence-electron chi connectivity index (χ1n) is 1.85. The zero-order valence-corrected chi connectivity index (χ0v) is 3.33. The molecule has 0 spiro atoms. The Bertz CT molecular complexity index is 66.8. The number of nitrogens with zero attached hydrogens (tertiary/aromatic N) is 2. The highest BCUT2D eigenvalue weighted by Gasteiger charge is 1.82. The van der Waals surface area contributed by atoms with E-state index in [0.717, 1.165) is 6.42 Å². The molecule has 1 aliphatic heterocycles. The monoisotopic (exact) mass is 79.0 g/mol. The number of hydrogen-bond acceptors (Lipinski definition) is 2. The molecule has 1 heterocycles. The molecule has 0 bridgehead atoms. The van der Waals surface area contributed by atoms with E-state index in [1.807, 2.05) is 12.4 Å². The van der Waals surface area contributed by atoms with Gasteiger partial charge in [0.15, 0.2) is 0 Å². The predicted molar refractivity (Wildman–Crippen MR) is 27.4 cm³/mol. The smallest absolute Gasteiger partial charge is 0.328 e. The molecule has 29 valence electrons. The van der Waals surface area contributed by atoms with Gasteiger partial charge in [-0.1, -0.05) is 0 Å². The van der Waals surface area contributed by atoms with Crippen LogP contribution >= 0.6 is 0 Å². The highest BCUT2D eigenvalue weighted by Crippen LogP contribution is 1.76. The third kappa shape index (κ3) is 0.674. The summed E-state index contributed by atoms with van der Waals surface area (Å²) >= 11 is 0. The van der Waals surface area contributed by atoms with Gasteiger partial charge in [0.1, 0.15) is 0 Å². The molecule has 1 rings (SSSR count). The molecular weight excluding hydrogens is 74.9 g/mol. The summed E-state index contributed by atoms with van der Waals surface area (Å²) in [6.07, 6.45) is 4.51. The van der Waals surface area contributed by atoms with E-state index in [2.05, 4.69) is 9.81 Å². The topological polar surface area (TPSA) is 24.7 Å². The molecule has 1 radical (unpaired) electrons. The summed E-state index contributed by atoms with van der Waals surface area (Å²) in [4.78, 5) is 7.46. The van der Waals surface area contributed by atoms with Crippen molar-refractivity contribution in [2.24, 2.45) is 9.81 Å². The van der Waals surface area contributed by atoms with Gasteiger partial charge in [-0.3, -0.25) is 0 Å². The maximum Gasteiger partial charge on any atom is 0.430 e. The Morgan fingerprint density at radius 2 is 2.00 bits per heavy atom. The standard InChI is InChI=1S/C3H4BN2/c1-2-5-4-6-3-1/h2-3H,1H2. The summed E-state index contributed by atoms with van der Waals surface area (Å²) < 4.78 is 0. The van der Waals surface area contributed by atoms with Crippen LogP contribution in [0.15, 0.2) is 9.81 Å². The van der Waals surface area contributed by atoms with Crippen LogP contribution in [0.1, 0.15) is 6.42 Å². The lowest BCUT2D eigenvalue weighted by Crippen LogP contribution is -1.90. The third-order valence-corrected chi connectivity index (χ3v) is 0.555. The Morgan fingerprint density at radius 3 is 2.17 bits per heavy atom. The molecule has 2 nitrogen and oxygen atoms in total. The molecular formula is C3H4BN2. The summed E-state index contributed by atoms with van der Waals surface area (Å²) in [5.41, 5.74) is 0. The van der Waals surface area contributed by atoms with Crippen molar-refractivity contribution in [2.45, 2.75) is 6.42 Å². The van der Waals surface area contributed by atoms with E-state index in [9.17, 15) is 0 Å². The van der Waals surface area contributed by atoms with Crippen LogP contribution in [0.2, 0.25) is 0 Å². The van der Waals surface area contributed by atoms with Gasteiger partial charge in [0.25, 0.3) is 0 Å². The Labute approximate surface area is 37.3 Å². The van der Waals surface area contributed by atoms with E-state index in [1.54, 1.807) is 0 Å². The van der Waals surface area contributed by atoms with Gasteiger partial charge in [0.05, 0.1) is 0 Å². The van der Waals surface area contributed by atoms with Gasteiger partial charge in [-0.15, -0.1) is 0 Å². The Hall–Kier alpha value is -0.595. The van der Waals surface area contributed by atoms with Crippen LogP contribution in [-0.2, 0) is 0 Å². The molecule has 0 aliphatic carbocycles. The molecule has 1 aliphatic rings. The molecule has 0 atom stereocenters. The zero-order valence-electron chi connectivity index (χ0n) is 3.33. The van der Waals surface area contributed by atoms with Gasteiger partial charge in [0, 0.05) is 6.42 Å². The lowest BCUT2D eigenvalue weighted by Gasteiger charge is -1.85. The van der Waals surface area contributed by atoms with E-state index in [1.165, 1.54) is 7.55 Å². The summed E-state index contributed by atoms with van der Waals surface area (Å²) in [6, 6.07) is 0. The fourth-order valence-corrected chi connectivity index (χ4v) is 0.302. The normalized spacial score (nSPS) is 17.3. The van der Waals surface area contributed by atoms with Crippen molar-refractivity contribution in [1.82, 2.24) is 0 Å². The van der Waals surface area contributed by atoms with Crippen LogP contribution in [-0.4, -0.2) is 20.0 Å². The van der Waals surface area contributed by atoms with E-state index in [-0.39, 0.29) is 0 Å². The molecule has 0 aromatic carbocycles. The summed E-state index contributed by atoms with van der Waals surface area (Å²) in [5, 5.41) is 0. The Balaban J connectivity index is 2.40. The van der Waals surface area contributed by atoms with Gasteiger partial charge in [-0.2, -0.15) is 0 Å². The van der Waals surface area contributed by atoms with Crippen molar-refractivity contribution in [2.75, 3.05) is 0 Å². The van der Waals surface area contributed by atoms with Crippen molar-refractivity contribution >= 4 is 20.0 Å². The average molecular weight is 78.9 g/mol. The molecule has 6 heavy (non-hydrogen) atoms. The quantitative estimate of drug-likeness (QED) is 0.367. The van der Waals surface area contributed by atoms with Crippen LogP contribution in [0, 0.1) is 0 Å². The van der Waals surface area contributed by atoms with Crippen LogP contribution in [0.25, 0.3) is 0 Å². The highest BCUT2D eigenvalue weighted by atomic mass is 14.8. The van der Waals surface area contributed by atoms with Gasteiger partial charge < -0.3 is 9.81 Å². The van der Waals surface area contributed by atoms with Crippen molar-refractivity contribution in [3.05, 3.63) is 0 Å². The van der Waals surface area contributed by atoms with Crippen molar-refractivity contribution in [3.63, 3.8) is 0 Å². The third-order valence-electron chi connectivity index (χ3n) is 0.555. The van der Waals surface area contributed by atoms with Crippen molar-refractivity contribution in [3.8, 4) is 0 Å². The van der Waals surface area contributed by atoms with Crippen molar-refractivity contribution < 1.29 is 0 Å². The van der Waals surface area contributed by atoms with E-state index in [4.69, 9.17) is 0 Å². The minimum Gasteiger partial charge on any atom is -0.328 e. The summed E-state index contributed by atoms with van der Waals surface area (Å²) in [6.45, 7) is 0. The van der Waals surface area contributed by atoms with Crippen LogP contribution in [0.3, 0.4) is 0 Å². The van der Waals surface area contributed by atoms with Crippen molar-refractivity contribution in [1.29, 1.82) is 0 Å². The second-order valence-corrected chi connectivity index (χ2v) is 1.01. The molecule has 0 N–H and O–H groups in total. The molecule has 0 amide bonds. The Kier molecular flexibility index (Phi) is 1.05. The molecule has 0 aromatic heterocycles. The fourth-order valence-electron chi connectivity index (χ4n) is 0.302. The van der Waals surface area contributed by atoms with E-state index < -0.39 is 0 Å². The second-order valence-electron chi connectivity index (χ2n) is 1.01. The molecule has 0 saturated carbocycles. The highest BCUT2D eigenvalue weighted by molar-refractivity contribution is 6.36. The first kappa shape index (κ1) is 3.59. The van der Waals surface area contributed by atoms with Crippen LogP contribution < -0.4 is 0 Å². The number of rotatable bonds is 0. The largest absolute Gasteiger partial charge is 0.430 e. The molecule has 3 heteroatoms. The minimum absolute atomic E-state index is 0.885. The zero-order chi connectivity index (χ0) is 4.24. The molecule has 0 saturated heterocycles. The predicted octanol–water partition coefficient (Wildman–Crippen LogP) is 0.0659. The first-order valence-corrected chi connectivity index (χ1v) is 1.85. The lowest BCUT2D eigenvalue weighted by molar-refractivity contribution is 1.57. The summed E-state index contributed by atoms with van der Waals surface area (Å²) in [5.74, 6) is 0. The van der Waals surface area contributed by atoms with Gasteiger partial charge in [0.2, 0.25) is 0 Å². The van der Waals surface area contributed by atoms with E-state index in [0.29, 0.717) is 0 Å². The lowest BCUT2D eigenvalue weighted by atomic mass is 10.2. The summed E-state index contributed by atoms with van der Waals surface area (Å²) in [7, 11) is 1.53. The van der Waals surface area contributed by atoms with Crippen LogP contribution in [0.5, 0.6) is 0 Å². The average Bonchev–Trinajstić information content (AvgIpc) is 1.72. The van der Waals surface area contributed by atoms with Gasteiger partial charge in [-0.05, 0) is 12.4 Å². The maximum atomic E-state index is 3.73. The molecule has 0 aromatic rings. The van der Waals surface area contributed by atoms with Crippen LogP contribution in [0.4, 0.5) is 0 Å². The van der Waals surface area contributed by atoms with Gasteiger partial charge >= 0.3 is 7.55 Å². The Morgan fingerprint density at radius 1 is 1.33 bits per heavy atom. The molecule has 0 fully saturated rings. The fraction of sp³-hybridized carbons (Fsp3) is 0.333. The van der Waals surface area contributed by atoms with Gasteiger partial charge in [-0.25, -0.2) is 0 Å². The SMILES string of the molecule is [B]1N=CCC=N1. The minimum atomic E-state index is 0.885. The van der Waals surface area contributed by atoms with E-state index >= 15 is 0 Å². The number of hydrogen-bond donors (Lipinski definition) is 0. The molecule has 0 unspecified atom stereocenters. The maximum absolute atomic E-state index is 3.73. The first-order chi connectivity index (χ1) is 3.00. The second kappa shape index (κ2) is 1.75.